The quantitative estimate of drug-likeness (QED) is 0.117. The van der Waals surface area contributed by atoms with Crippen molar-refractivity contribution >= 4 is 23.1 Å². The van der Waals surface area contributed by atoms with Crippen LogP contribution in [0, 0.1) is 10.1 Å². The second-order valence-electron chi connectivity index (χ2n) is 9.48. The molecule has 0 saturated carbocycles. The minimum absolute atomic E-state index is 0.0745. The lowest BCUT2D eigenvalue weighted by molar-refractivity contribution is -0.384. The number of carbonyl (C=O) groups is 2. The Balaban J connectivity index is 1.97. The van der Waals surface area contributed by atoms with Gasteiger partial charge in [-0.2, -0.15) is 0 Å². The van der Waals surface area contributed by atoms with Gasteiger partial charge in [0.1, 0.15) is 11.5 Å². The molecule has 1 aliphatic rings. The summed E-state index contributed by atoms with van der Waals surface area (Å²) >= 11 is 0. The molecule has 0 aromatic heterocycles. The number of ether oxygens (including phenoxy) is 1. The van der Waals surface area contributed by atoms with Crippen LogP contribution in [0.5, 0.6) is 5.75 Å². The number of non-ortho nitro benzene ring substituents is 1. The number of benzene rings is 2. The normalized spacial score (nSPS) is 16.8. The van der Waals surface area contributed by atoms with Gasteiger partial charge in [-0.15, -0.1) is 0 Å². The second kappa shape index (κ2) is 13.7. The van der Waals surface area contributed by atoms with Crippen molar-refractivity contribution in [3.8, 4) is 5.75 Å². The second-order valence-corrected chi connectivity index (χ2v) is 9.48. The lowest BCUT2D eigenvalue weighted by Crippen LogP contribution is -2.34. The van der Waals surface area contributed by atoms with Crippen LogP contribution in [-0.4, -0.2) is 64.8 Å². The van der Waals surface area contributed by atoms with Gasteiger partial charge < -0.3 is 19.6 Å². The molecule has 3 rings (SSSR count). The van der Waals surface area contributed by atoms with Crippen molar-refractivity contribution in [3.63, 3.8) is 0 Å². The first kappa shape index (κ1) is 28.8. The maximum absolute atomic E-state index is 13.3. The highest BCUT2D eigenvalue weighted by Gasteiger charge is 2.46. The van der Waals surface area contributed by atoms with E-state index in [0.29, 0.717) is 23.3 Å². The molecular formula is C29H37N3O6. The fourth-order valence-corrected chi connectivity index (χ4v) is 4.73. The maximum atomic E-state index is 13.3. The van der Waals surface area contributed by atoms with Crippen molar-refractivity contribution in [2.45, 2.75) is 52.0 Å². The molecule has 1 aliphatic heterocycles. The monoisotopic (exact) mass is 523 g/mol. The van der Waals surface area contributed by atoms with Crippen LogP contribution < -0.4 is 4.74 Å². The van der Waals surface area contributed by atoms with Crippen LogP contribution in [0.3, 0.4) is 0 Å². The van der Waals surface area contributed by atoms with Gasteiger partial charge in [-0.3, -0.25) is 19.7 Å². The van der Waals surface area contributed by atoms with E-state index in [1.54, 1.807) is 30.3 Å². The number of nitrogens with zero attached hydrogens (tertiary/aromatic N) is 3. The minimum Gasteiger partial charge on any atom is -0.507 e. The van der Waals surface area contributed by atoms with Crippen LogP contribution in [0.25, 0.3) is 5.76 Å². The smallest absolute Gasteiger partial charge is 0.295 e. The van der Waals surface area contributed by atoms with Crippen molar-refractivity contribution in [1.29, 1.82) is 0 Å². The fraction of sp³-hybridized carbons (Fsp3) is 0.448. The molecule has 1 N–H and O–H groups in total. The average Bonchev–Trinajstić information content (AvgIpc) is 3.18. The van der Waals surface area contributed by atoms with E-state index in [-0.39, 0.29) is 23.6 Å². The summed E-state index contributed by atoms with van der Waals surface area (Å²) in [5.41, 5.74) is 0.532. The first-order valence-electron chi connectivity index (χ1n) is 13.2. The Morgan fingerprint density at radius 1 is 1.03 bits per heavy atom. The molecule has 38 heavy (non-hydrogen) atoms. The molecular weight excluding hydrogens is 486 g/mol. The van der Waals surface area contributed by atoms with E-state index in [1.165, 1.54) is 30.2 Å². The topological polar surface area (TPSA) is 113 Å². The van der Waals surface area contributed by atoms with Crippen molar-refractivity contribution < 1.29 is 24.4 Å². The van der Waals surface area contributed by atoms with Gasteiger partial charge in [0.05, 0.1) is 23.6 Å². The van der Waals surface area contributed by atoms with Gasteiger partial charge >= 0.3 is 0 Å². The lowest BCUT2D eigenvalue weighted by atomic mass is 9.95. The summed E-state index contributed by atoms with van der Waals surface area (Å²) in [7, 11) is 1.52. The average molecular weight is 524 g/mol. The lowest BCUT2D eigenvalue weighted by Gasteiger charge is -2.27. The number of aliphatic hydroxyl groups excluding tert-OH is 1. The molecule has 2 aromatic rings. The summed E-state index contributed by atoms with van der Waals surface area (Å²) in [6.07, 6.45) is 4.99. The Bertz CT molecular complexity index is 1150. The largest absolute Gasteiger partial charge is 0.507 e. The SMILES string of the molecule is CCCCN(CCCC)CCCN1C(=O)C(=O)C(=C(O)c2ccc(OC)cc2)[C@@H]1c1cccc([N+](=O)[O-])c1. The van der Waals surface area contributed by atoms with E-state index >= 15 is 0 Å². The highest BCUT2D eigenvalue weighted by Crippen LogP contribution is 2.40. The molecule has 1 fully saturated rings. The molecule has 0 unspecified atom stereocenters. The van der Waals surface area contributed by atoms with Crippen LogP contribution in [-0.2, 0) is 9.59 Å². The van der Waals surface area contributed by atoms with E-state index in [1.807, 2.05) is 0 Å². The minimum atomic E-state index is -0.934. The summed E-state index contributed by atoms with van der Waals surface area (Å²) in [6.45, 7) is 7.30. The number of aliphatic hydroxyl groups is 1. The molecule has 2 aromatic carbocycles. The van der Waals surface area contributed by atoms with E-state index in [2.05, 4.69) is 18.7 Å². The van der Waals surface area contributed by atoms with Crippen LogP contribution in [0.4, 0.5) is 5.69 Å². The Morgan fingerprint density at radius 2 is 1.66 bits per heavy atom. The number of likely N-dealkylation sites (tertiary alicyclic amines) is 1. The molecule has 0 bridgehead atoms. The van der Waals surface area contributed by atoms with E-state index < -0.39 is 22.7 Å². The van der Waals surface area contributed by atoms with Gasteiger partial charge in [0.15, 0.2) is 0 Å². The van der Waals surface area contributed by atoms with Gasteiger partial charge in [-0.1, -0.05) is 38.8 Å². The highest BCUT2D eigenvalue weighted by atomic mass is 16.6. The summed E-state index contributed by atoms with van der Waals surface area (Å²) < 4.78 is 5.17. The zero-order valence-corrected chi connectivity index (χ0v) is 22.4. The predicted molar refractivity (Wildman–Crippen MR) is 146 cm³/mol. The number of rotatable bonds is 14. The first-order chi connectivity index (χ1) is 18.3. The number of hydrogen-bond donors (Lipinski definition) is 1. The highest BCUT2D eigenvalue weighted by molar-refractivity contribution is 6.46. The van der Waals surface area contributed by atoms with Gasteiger partial charge in [-0.25, -0.2) is 0 Å². The Hall–Kier alpha value is -3.72. The number of amides is 1. The van der Waals surface area contributed by atoms with Crippen LogP contribution >= 0.6 is 0 Å². The molecule has 0 spiro atoms. The zero-order valence-electron chi connectivity index (χ0n) is 22.4. The van der Waals surface area contributed by atoms with E-state index in [0.717, 1.165) is 45.3 Å². The molecule has 9 heteroatoms. The molecule has 204 valence electrons. The molecule has 1 atom stereocenters. The Kier molecular flexibility index (Phi) is 10.4. The predicted octanol–water partition coefficient (Wildman–Crippen LogP) is 5.32. The van der Waals surface area contributed by atoms with Gasteiger partial charge in [-0.05, 0) is 68.7 Å². The molecule has 1 heterocycles. The third-order valence-corrected chi connectivity index (χ3v) is 6.83. The van der Waals surface area contributed by atoms with Crippen molar-refractivity contribution in [1.82, 2.24) is 9.80 Å². The maximum Gasteiger partial charge on any atom is 0.295 e. The molecule has 9 nitrogen and oxygen atoms in total. The zero-order chi connectivity index (χ0) is 27.7. The fourth-order valence-electron chi connectivity index (χ4n) is 4.73. The van der Waals surface area contributed by atoms with Crippen molar-refractivity contribution in [3.05, 3.63) is 75.3 Å². The standard InChI is InChI=1S/C29H37N3O6/c1-4-6-16-30(17-7-5-2)18-9-19-31-26(22-10-8-11-23(20-22)32(36)37)25(28(34)29(31)35)27(33)21-12-14-24(38-3)15-13-21/h8,10-15,20,26,33H,4-7,9,16-19H2,1-3H3/t26-/m0/s1. The van der Waals surface area contributed by atoms with Crippen molar-refractivity contribution in [2.75, 3.05) is 33.3 Å². The van der Waals surface area contributed by atoms with E-state index in [4.69, 9.17) is 4.74 Å². The summed E-state index contributed by atoms with van der Waals surface area (Å²) in [6, 6.07) is 11.5. The number of Topliss-reactive ketones (excluding diaryl/α,β-unsaturated/α-hetero) is 1. The number of hydrogen-bond acceptors (Lipinski definition) is 7. The summed E-state index contributed by atoms with van der Waals surface area (Å²) in [5, 5.41) is 22.7. The molecule has 0 aliphatic carbocycles. The number of unbranched alkanes of at least 4 members (excludes halogenated alkanes) is 2. The third kappa shape index (κ3) is 6.77. The van der Waals surface area contributed by atoms with E-state index in [9.17, 15) is 24.8 Å². The van der Waals surface area contributed by atoms with Crippen LogP contribution in [0.2, 0.25) is 0 Å². The van der Waals surface area contributed by atoms with Crippen molar-refractivity contribution in [2.24, 2.45) is 0 Å². The third-order valence-electron chi connectivity index (χ3n) is 6.83. The Labute approximate surface area is 223 Å². The molecule has 1 amide bonds. The summed E-state index contributed by atoms with van der Waals surface area (Å²) in [4.78, 5) is 41.3. The number of methoxy groups -OCH3 is 1. The number of nitro benzene ring substituents is 1. The molecule has 1 saturated heterocycles. The van der Waals surface area contributed by atoms with Gasteiger partial charge in [0, 0.05) is 24.2 Å². The van der Waals surface area contributed by atoms with Gasteiger partial charge in [0.25, 0.3) is 17.4 Å². The number of nitro groups is 1. The number of ketones is 1. The van der Waals surface area contributed by atoms with Crippen LogP contribution in [0.1, 0.15) is 63.1 Å². The van der Waals surface area contributed by atoms with Gasteiger partial charge in [0.2, 0.25) is 0 Å². The number of carbonyl (C=O) groups excluding carboxylic acids is 2. The molecule has 0 radical (unpaired) electrons. The Morgan fingerprint density at radius 3 is 2.24 bits per heavy atom. The first-order valence-corrected chi connectivity index (χ1v) is 13.2. The van der Waals surface area contributed by atoms with Crippen LogP contribution in [0.15, 0.2) is 54.1 Å². The summed E-state index contributed by atoms with van der Waals surface area (Å²) in [5.74, 6) is -1.26.